The van der Waals surface area contributed by atoms with Gasteiger partial charge in [0.15, 0.2) is 5.78 Å². The Hall–Kier alpha value is -2.43. The molecule has 0 radical (unpaired) electrons. The van der Waals surface area contributed by atoms with Gasteiger partial charge in [-0.2, -0.15) is 0 Å². The number of ketones is 1. The van der Waals surface area contributed by atoms with Gasteiger partial charge in [-0.15, -0.1) is 0 Å². The topological polar surface area (TPSA) is 67.6 Å². The van der Waals surface area contributed by atoms with Crippen molar-refractivity contribution in [3.8, 4) is 0 Å². The fraction of sp³-hybridized carbons (Fsp3) is 0.214. The third-order valence-corrected chi connectivity index (χ3v) is 2.77. The van der Waals surface area contributed by atoms with E-state index in [0.717, 1.165) is 4.90 Å². The summed E-state index contributed by atoms with van der Waals surface area (Å²) in [5.41, 5.74) is 0.0317. The molecule has 1 aliphatic heterocycles. The highest BCUT2D eigenvalue weighted by molar-refractivity contribution is 6.30. The zero-order chi connectivity index (χ0) is 13.8. The normalized spacial score (nSPS) is 18.9. The average molecular weight is 259 g/mol. The lowest BCUT2D eigenvalue weighted by molar-refractivity contribution is -0.147. The number of carbonyl (C=O) groups excluding carboxylic acids is 3. The summed E-state index contributed by atoms with van der Waals surface area (Å²) in [6, 6.07) is 3.49. The molecule has 2 amide bonds. The second-order valence-electron chi connectivity index (χ2n) is 4.00. The van der Waals surface area contributed by atoms with Crippen LogP contribution in [0.1, 0.15) is 19.1 Å². The van der Waals surface area contributed by atoms with Crippen molar-refractivity contribution < 1.29 is 18.8 Å². The predicted octanol–water partition coefficient (Wildman–Crippen LogP) is 1.57. The average Bonchev–Trinajstić information content (AvgIpc) is 2.86. The summed E-state index contributed by atoms with van der Waals surface area (Å²) in [6.07, 6.45) is 5.90. The number of furan rings is 1. The molecular formula is C14H13NO4. The summed E-state index contributed by atoms with van der Waals surface area (Å²) in [5, 5.41) is 0. The summed E-state index contributed by atoms with van der Waals surface area (Å²) >= 11 is 0. The van der Waals surface area contributed by atoms with Gasteiger partial charge in [0.2, 0.25) is 5.91 Å². The maximum atomic E-state index is 11.9. The molecule has 0 aliphatic carbocycles. The molecule has 1 aliphatic rings. The molecule has 1 saturated heterocycles. The standard InChI is InChI=1S/C14H13NO4/c1-2-15-13(17)9-12(16)11(14(15)18)7-3-5-10-6-4-8-19-10/h3-8H,2,9H2,1H3/b5-3+,11-7+. The molecule has 1 aromatic heterocycles. The molecular weight excluding hydrogens is 246 g/mol. The number of rotatable bonds is 3. The molecule has 1 aromatic rings. The van der Waals surface area contributed by atoms with Crippen LogP contribution in [0.15, 0.2) is 40.5 Å². The highest BCUT2D eigenvalue weighted by Gasteiger charge is 2.34. The Balaban J connectivity index is 2.20. The molecule has 0 aromatic carbocycles. The monoisotopic (exact) mass is 259 g/mol. The van der Waals surface area contributed by atoms with E-state index < -0.39 is 17.6 Å². The van der Waals surface area contributed by atoms with Crippen LogP contribution in [0.2, 0.25) is 0 Å². The quantitative estimate of drug-likeness (QED) is 0.357. The lowest BCUT2D eigenvalue weighted by Crippen LogP contribution is -2.44. The van der Waals surface area contributed by atoms with Gasteiger partial charge in [-0.05, 0) is 31.2 Å². The third-order valence-electron chi connectivity index (χ3n) is 2.77. The number of hydrogen-bond acceptors (Lipinski definition) is 4. The van der Waals surface area contributed by atoms with E-state index in [1.165, 1.54) is 12.3 Å². The fourth-order valence-corrected chi connectivity index (χ4v) is 1.82. The van der Waals surface area contributed by atoms with Crippen LogP contribution in [0.4, 0.5) is 0 Å². The van der Waals surface area contributed by atoms with Crippen LogP contribution >= 0.6 is 0 Å². The molecule has 0 spiro atoms. The summed E-state index contributed by atoms with van der Waals surface area (Å²) in [5.74, 6) is -0.794. The van der Waals surface area contributed by atoms with Gasteiger partial charge in [-0.1, -0.05) is 6.08 Å². The Labute approximate surface area is 110 Å². The van der Waals surface area contributed by atoms with Crippen LogP contribution < -0.4 is 0 Å². The largest absolute Gasteiger partial charge is 0.465 e. The van der Waals surface area contributed by atoms with Crippen LogP contribution in [0.3, 0.4) is 0 Å². The predicted molar refractivity (Wildman–Crippen MR) is 67.8 cm³/mol. The zero-order valence-electron chi connectivity index (χ0n) is 10.5. The van der Waals surface area contributed by atoms with E-state index in [4.69, 9.17) is 4.42 Å². The van der Waals surface area contributed by atoms with Crippen molar-refractivity contribution in [3.05, 3.63) is 41.9 Å². The first-order valence-corrected chi connectivity index (χ1v) is 5.93. The first-order valence-electron chi connectivity index (χ1n) is 5.93. The molecule has 1 fully saturated rings. The second-order valence-corrected chi connectivity index (χ2v) is 4.00. The molecule has 98 valence electrons. The van der Waals surface area contributed by atoms with Gasteiger partial charge < -0.3 is 4.42 Å². The highest BCUT2D eigenvalue weighted by Crippen LogP contribution is 2.15. The van der Waals surface area contributed by atoms with Crippen LogP contribution in [-0.4, -0.2) is 29.0 Å². The maximum Gasteiger partial charge on any atom is 0.264 e. The van der Waals surface area contributed by atoms with E-state index in [1.54, 1.807) is 31.2 Å². The summed E-state index contributed by atoms with van der Waals surface area (Å²) in [4.78, 5) is 36.2. The van der Waals surface area contributed by atoms with E-state index in [9.17, 15) is 14.4 Å². The van der Waals surface area contributed by atoms with Crippen LogP contribution in [0.25, 0.3) is 6.08 Å². The van der Waals surface area contributed by atoms with Gasteiger partial charge in [0.1, 0.15) is 5.76 Å². The Morgan fingerprint density at radius 2 is 2.16 bits per heavy atom. The number of allylic oxidation sites excluding steroid dienone is 2. The molecule has 0 bridgehead atoms. The van der Waals surface area contributed by atoms with Crippen molar-refractivity contribution in [1.82, 2.24) is 4.90 Å². The molecule has 0 atom stereocenters. The van der Waals surface area contributed by atoms with E-state index in [1.807, 2.05) is 0 Å². The highest BCUT2D eigenvalue weighted by atomic mass is 16.3. The van der Waals surface area contributed by atoms with Gasteiger partial charge in [0.25, 0.3) is 5.91 Å². The minimum atomic E-state index is -0.534. The van der Waals surface area contributed by atoms with E-state index in [0.29, 0.717) is 5.76 Å². The van der Waals surface area contributed by atoms with Crippen molar-refractivity contribution in [2.24, 2.45) is 0 Å². The molecule has 0 unspecified atom stereocenters. The molecule has 0 saturated carbocycles. The lowest BCUT2D eigenvalue weighted by atomic mass is 10.0. The van der Waals surface area contributed by atoms with Gasteiger partial charge >= 0.3 is 0 Å². The number of amides is 2. The van der Waals surface area contributed by atoms with Crippen molar-refractivity contribution in [2.45, 2.75) is 13.3 Å². The van der Waals surface area contributed by atoms with Crippen LogP contribution in [0, 0.1) is 0 Å². The van der Waals surface area contributed by atoms with E-state index in [2.05, 4.69) is 0 Å². The minimum absolute atomic E-state index is 0.0317. The minimum Gasteiger partial charge on any atom is -0.465 e. The number of Topliss-reactive ketones (excluding diaryl/α,β-unsaturated/α-hetero) is 1. The first kappa shape index (κ1) is 13.0. The number of likely N-dealkylation sites (tertiary alicyclic amines) is 1. The van der Waals surface area contributed by atoms with Crippen LogP contribution in [0.5, 0.6) is 0 Å². The summed E-state index contributed by atoms with van der Waals surface area (Å²) < 4.78 is 5.09. The van der Waals surface area contributed by atoms with Gasteiger partial charge in [0.05, 0.1) is 18.3 Å². The van der Waals surface area contributed by atoms with E-state index >= 15 is 0 Å². The number of imide groups is 1. The zero-order valence-corrected chi connectivity index (χ0v) is 10.5. The Bertz CT molecular complexity index is 566. The molecule has 2 rings (SSSR count). The molecule has 5 nitrogen and oxygen atoms in total. The molecule has 0 N–H and O–H groups in total. The molecule has 5 heteroatoms. The Morgan fingerprint density at radius 3 is 2.79 bits per heavy atom. The van der Waals surface area contributed by atoms with Gasteiger partial charge in [-0.25, -0.2) is 0 Å². The molecule has 2 heterocycles. The molecule has 19 heavy (non-hydrogen) atoms. The van der Waals surface area contributed by atoms with Gasteiger partial charge in [-0.3, -0.25) is 19.3 Å². The first-order chi connectivity index (χ1) is 9.13. The summed E-state index contributed by atoms with van der Waals surface area (Å²) in [6.45, 7) is 1.96. The number of likely N-dealkylation sites (N-methyl/N-ethyl adjacent to an activating group) is 1. The number of nitrogens with zero attached hydrogens (tertiary/aromatic N) is 1. The maximum absolute atomic E-state index is 11.9. The van der Waals surface area contributed by atoms with Crippen molar-refractivity contribution in [2.75, 3.05) is 6.54 Å². The smallest absolute Gasteiger partial charge is 0.264 e. The number of hydrogen-bond donors (Lipinski definition) is 0. The van der Waals surface area contributed by atoms with Crippen molar-refractivity contribution in [3.63, 3.8) is 0 Å². The number of piperidine rings is 1. The van der Waals surface area contributed by atoms with Gasteiger partial charge in [0, 0.05) is 6.54 Å². The second kappa shape index (κ2) is 5.48. The third kappa shape index (κ3) is 2.70. The number of carbonyl (C=O) groups is 3. The van der Waals surface area contributed by atoms with Crippen molar-refractivity contribution in [1.29, 1.82) is 0 Å². The summed E-state index contributed by atoms with van der Waals surface area (Å²) in [7, 11) is 0. The fourth-order valence-electron chi connectivity index (χ4n) is 1.82. The lowest BCUT2D eigenvalue weighted by Gasteiger charge is -2.24. The van der Waals surface area contributed by atoms with E-state index in [-0.39, 0.29) is 18.5 Å². The van der Waals surface area contributed by atoms with Crippen molar-refractivity contribution >= 4 is 23.7 Å². The Morgan fingerprint density at radius 1 is 1.37 bits per heavy atom. The van der Waals surface area contributed by atoms with Crippen LogP contribution in [-0.2, 0) is 14.4 Å². The SMILES string of the molecule is CCN1C(=O)CC(=O)/C(=C\C=C\c2ccco2)C1=O. The Kier molecular flexibility index (Phi) is 3.75.